The molecular weight excluding hydrogens is 238 g/mol. The van der Waals surface area contributed by atoms with E-state index in [-0.39, 0.29) is 24.7 Å². The lowest BCUT2D eigenvalue weighted by molar-refractivity contribution is 0.166. The topological polar surface area (TPSA) is 52.5 Å². The van der Waals surface area contributed by atoms with E-state index in [0.29, 0.717) is 0 Å². The van der Waals surface area contributed by atoms with Crippen molar-refractivity contribution < 1.29 is 10.2 Å². The Hall–Kier alpha value is -0.900. The highest BCUT2D eigenvalue weighted by molar-refractivity contribution is 5.38. The summed E-state index contributed by atoms with van der Waals surface area (Å²) < 4.78 is 0. The number of rotatable bonds is 6. The van der Waals surface area contributed by atoms with Crippen molar-refractivity contribution in [2.45, 2.75) is 44.6 Å². The van der Waals surface area contributed by atoms with Crippen molar-refractivity contribution in [2.75, 3.05) is 19.8 Å². The van der Waals surface area contributed by atoms with Crippen molar-refractivity contribution in [3.05, 3.63) is 34.9 Å². The molecule has 0 aliphatic heterocycles. The highest BCUT2D eigenvalue weighted by Crippen LogP contribution is 2.29. The Balaban J connectivity index is 2.06. The fourth-order valence-corrected chi connectivity index (χ4v) is 2.68. The first-order chi connectivity index (χ1) is 9.06. The molecule has 0 radical (unpaired) electrons. The minimum atomic E-state index is -0.228. The van der Waals surface area contributed by atoms with Gasteiger partial charge in [-0.1, -0.05) is 32.0 Å². The molecule has 3 N–H and O–H groups in total. The summed E-state index contributed by atoms with van der Waals surface area (Å²) in [4.78, 5) is 0. The van der Waals surface area contributed by atoms with Gasteiger partial charge in [-0.2, -0.15) is 0 Å². The van der Waals surface area contributed by atoms with Crippen molar-refractivity contribution in [1.29, 1.82) is 0 Å². The molecule has 0 bridgehead atoms. The van der Waals surface area contributed by atoms with Gasteiger partial charge >= 0.3 is 0 Å². The number of hydrogen-bond acceptors (Lipinski definition) is 3. The number of aryl methyl sites for hydroxylation is 2. The SMILES string of the molecule is CC(C)(CNC(CO)CO)c1ccc2c(c1)CCC2. The van der Waals surface area contributed by atoms with E-state index in [0.717, 1.165) is 6.54 Å². The van der Waals surface area contributed by atoms with Gasteiger partial charge in [-0.15, -0.1) is 0 Å². The average Bonchev–Trinajstić information content (AvgIpc) is 2.87. The number of aliphatic hydroxyl groups is 2. The predicted molar refractivity (Wildman–Crippen MR) is 77.5 cm³/mol. The lowest BCUT2D eigenvalue weighted by Gasteiger charge is -2.28. The molecule has 0 atom stereocenters. The van der Waals surface area contributed by atoms with Crippen molar-refractivity contribution in [1.82, 2.24) is 5.32 Å². The van der Waals surface area contributed by atoms with Crippen LogP contribution in [0.1, 0.15) is 37.0 Å². The molecule has 1 aromatic rings. The van der Waals surface area contributed by atoms with Crippen LogP contribution in [0.3, 0.4) is 0 Å². The van der Waals surface area contributed by atoms with Gasteiger partial charge in [0.05, 0.1) is 19.3 Å². The van der Waals surface area contributed by atoms with Gasteiger partial charge in [-0.05, 0) is 36.0 Å². The summed E-state index contributed by atoms with van der Waals surface area (Å²) in [5.41, 5.74) is 4.32. The number of nitrogens with one attached hydrogen (secondary N) is 1. The summed E-state index contributed by atoms with van der Waals surface area (Å²) in [7, 11) is 0. The van der Waals surface area contributed by atoms with E-state index >= 15 is 0 Å². The van der Waals surface area contributed by atoms with Crippen LogP contribution in [0.4, 0.5) is 0 Å². The molecule has 0 saturated carbocycles. The van der Waals surface area contributed by atoms with Crippen LogP contribution in [0.2, 0.25) is 0 Å². The standard InChI is InChI=1S/C16H25NO2/c1-16(2,11-17-15(9-18)10-19)14-7-6-12-4-3-5-13(12)8-14/h6-8,15,17-19H,3-5,9-11H2,1-2H3. The Bertz CT molecular complexity index is 425. The van der Waals surface area contributed by atoms with E-state index in [1.807, 2.05) is 0 Å². The maximum Gasteiger partial charge on any atom is 0.0607 e. The summed E-state index contributed by atoms with van der Waals surface area (Å²) in [6.45, 7) is 5.08. The Morgan fingerprint density at radius 1 is 1.16 bits per heavy atom. The van der Waals surface area contributed by atoms with Gasteiger partial charge in [-0.25, -0.2) is 0 Å². The zero-order chi connectivity index (χ0) is 13.9. The highest BCUT2D eigenvalue weighted by atomic mass is 16.3. The van der Waals surface area contributed by atoms with Crippen LogP contribution in [0.15, 0.2) is 18.2 Å². The lowest BCUT2D eigenvalue weighted by Crippen LogP contribution is -2.43. The van der Waals surface area contributed by atoms with E-state index < -0.39 is 0 Å². The summed E-state index contributed by atoms with van der Waals surface area (Å²) in [5.74, 6) is 0. The van der Waals surface area contributed by atoms with Gasteiger partial charge in [0.25, 0.3) is 0 Å². The Kier molecular flexibility index (Phi) is 4.61. The van der Waals surface area contributed by atoms with Crippen molar-refractivity contribution in [3.63, 3.8) is 0 Å². The molecule has 0 saturated heterocycles. The maximum atomic E-state index is 9.10. The third-order valence-corrected chi connectivity index (χ3v) is 4.15. The second-order valence-corrected chi connectivity index (χ2v) is 6.16. The monoisotopic (exact) mass is 263 g/mol. The normalized spacial score (nSPS) is 15.0. The molecule has 1 aliphatic rings. The molecular formula is C16H25NO2. The molecule has 0 amide bonds. The van der Waals surface area contributed by atoms with Gasteiger partial charge in [-0.3, -0.25) is 0 Å². The fourth-order valence-electron chi connectivity index (χ4n) is 2.68. The molecule has 1 aromatic carbocycles. The number of hydrogen-bond donors (Lipinski definition) is 3. The molecule has 0 spiro atoms. The first-order valence-electron chi connectivity index (χ1n) is 7.14. The Morgan fingerprint density at radius 3 is 2.53 bits per heavy atom. The zero-order valence-corrected chi connectivity index (χ0v) is 11.9. The van der Waals surface area contributed by atoms with Crippen LogP contribution in [0.5, 0.6) is 0 Å². The first kappa shape index (κ1) is 14.5. The second-order valence-electron chi connectivity index (χ2n) is 6.16. The lowest BCUT2D eigenvalue weighted by atomic mass is 9.83. The smallest absolute Gasteiger partial charge is 0.0607 e. The summed E-state index contributed by atoms with van der Waals surface area (Å²) in [6, 6.07) is 6.58. The van der Waals surface area contributed by atoms with Crippen molar-refractivity contribution in [2.24, 2.45) is 0 Å². The molecule has 1 aliphatic carbocycles. The first-order valence-corrected chi connectivity index (χ1v) is 7.14. The molecule has 3 heteroatoms. The quantitative estimate of drug-likeness (QED) is 0.727. The molecule has 0 unspecified atom stereocenters. The minimum Gasteiger partial charge on any atom is -0.395 e. The molecule has 2 rings (SSSR count). The van der Waals surface area contributed by atoms with Crippen molar-refractivity contribution >= 4 is 0 Å². The van der Waals surface area contributed by atoms with Gasteiger partial charge in [0.15, 0.2) is 0 Å². The zero-order valence-electron chi connectivity index (χ0n) is 11.9. The minimum absolute atomic E-state index is 0.000208. The van der Waals surface area contributed by atoms with E-state index in [4.69, 9.17) is 10.2 Å². The molecule has 0 heterocycles. The number of benzene rings is 1. The van der Waals surface area contributed by atoms with Crippen LogP contribution in [0.25, 0.3) is 0 Å². The summed E-state index contributed by atoms with van der Waals surface area (Å²) in [5, 5.41) is 21.4. The van der Waals surface area contributed by atoms with Crippen LogP contribution in [-0.4, -0.2) is 36.0 Å². The summed E-state index contributed by atoms with van der Waals surface area (Å²) >= 11 is 0. The molecule has 3 nitrogen and oxygen atoms in total. The molecule has 0 aromatic heterocycles. The maximum absolute atomic E-state index is 9.10. The second kappa shape index (κ2) is 6.04. The third-order valence-electron chi connectivity index (χ3n) is 4.15. The van der Waals surface area contributed by atoms with E-state index in [1.165, 1.54) is 36.0 Å². The van der Waals surface area contributed by atoms with Gasteiger partial charge in [0, 0.05) is 12.0 Å². The van der Waals surface area contributed by atoms with E-state index in [1.54, 1.807) is 0 Å². The number of fused-ring (bicyclic) bond motifs is 1. The largest absolute Gasteiger partial charge is 0.395 e. The average molecular weight is 263 g/mol. The Labute approximate surface area is 115 Å². The highest BCUT2D eigenvalue weighted by Gasteiger charge is 2.23. The van der Waals surface area contributed by atoms with Gasteiger partial charge in [0.2, 0.25) is 0 Å². The van der Waals surface area contributed by atoms with Gasteiger partial charge in [0.1, 0.15) is 0 Å². The van der Waals surface area contributed by atoms with E-state index in [2.05, 4.69) is 37.4 Å². The third kappa shape index (κ3) is 3.35. The molecule has 106 valence electrons. The molecule has 19 heavy (non-hydrogen) atoms. The summed E-state index contributed by atoms with van der Waals surface area (Å²) in [6.07, 6.45) is 3.68. The molecule has 0 fully saturated rings. The van der Waals surface area contributed by atoms with Crippen LogP contribution < -0.4 is 5.32 Å². The van der Waals surface area contributed by atoms with Crippen LogP contribution in [0, 0.1) is 0 Å². The van der Waals surface area contributed by atoms with Crippen LogP contribution in [-0.2, 0) is 18.3 Å². The fraction of sp³-hybridized carbons (Fsp3) is 0.625. The van der Waals surface area contributed by atoms with Gasteiger partial charge < -0.3 is 15.5 Å². The van der Waals surface area contributed by atoms with E-state index in [9.17, 15) is 0 Å². The van der Waals surface area contributed by atoms with Crippen LogP contribution >= 0.6 is 0 Å². The Morgan fingerprint density at radius 2 is 1.84 bits per heavy atom. The van der Waals surface area contributed by atoms with Crippen molar-refractivity contribution in [3.8, 4) is 0 Å². The number of aliphatic hydroxyl groups excluding tert-OH is 2. The predicted octanol–water partition coefficient (Wildman–Crippen LogP) is 1.40.